The molecule has 0 bridgehead atoms. The minimum atomic E-state index is -0.443. The second kappa shape index (κ2) is 4.55. The molecule has 0 saturated heterocycles. The number of esters is 1. The number of nitrogen functional groups attached to an aromatic ring is 1. The number of nitrogens with zero attached hydrogens (tertiary/aromatic N) is 1. The van der Waals surface area contributed by atoms with Gasteiger partial charge in [0.2, 0.25) is 0 Å². The fraction of sp³-hybridized carbons (Fsp3) is 0.333. The van der Waals surface area contributed by atoms with Crippen LogP contribution in [-0.4, -0.2) is 18.1 Å². The van der Waals surface area contributed by atoms with Crippen LogP contribution in [0, 0.1) is 5.82 Å². The van der Waals surface area contributed by atoms with Gasteiger partial charge in [-0.05, 0) is 12.5 Å². The minimum Gasteiger partial charge on any atom is -0.469 e. The lowest BCUT2D eigenvalue weighted by atomic mass is 10.1. The summed E-state index contributed by atoms with van der Waals surface area (Å²) in [5.41, 5.74) is 5.71. The largest absolute Gasteiger partial charge is 0.469 e. The summed E-state index contributed by atoms with van der Waals surface area (Å²) in [7, 11) is 1.28. The van der Waals surface area contributed by atoms with Crippen LogP contribution in [0.5, 0.6) is 0 Å². The Morgan fingerprint density at radius 2 is 2.43 bits per heavy atom. The maximum Gasteiger partial charge on any atom is 0.305 e. The molecular weight excluding hydrogens is 187 g/mol. The SMILES string of the molecule is COC(=O)CCc1c(F)ccnc1N. The van der Waals surface area contributed by atoms with Crippen molar-refractivity contribution in [3.05, 3.63) is 23.6 Å². The summed E-state index contributed by atoms with van der Waals surface area (Å²) < 4.78 is 17.6. The molecule has 0 amide bonds. The van der Waals surface area contributed by atoms with E-state index in [1.165, 1.54) is 19.4 Å². The van der Waals surface area contributed by atoms with Crippen LogP contribution in [0.4, 0.5) is 10.2 Å². The average Bonchev–Trinajstić information content (AvgIpc) is 2.16. The van der Waals surface area contributed by atoms with E-state index in [1.807, 2.05) is 0 Å². The zero-order valence-electron chi connectivity index (χ0n) is 7.79. The lowest BCUT2D eigenvalue weighted by Crippen LogP contribution is -2.06. The summed E-state index contributed by atoms with van der Waals surface area (Å²) in [6.45, 7) is 0. The summed E-state index contributed by atoms with van der Waals surface area (Å²) in [4.78, 5) is 14.5. The highest BCUT2D eigenvalue weighted by atomic mass is 19.1. The van der Waals surface area contributed by atoms with Crippen LogP contribution < -0.4 is 5.73 Å². The summed E-state index contributed by atoms with van der Waals surface area (Å²) in [5, 5.41) is 0. The topological polar surface area (TPSA) is 65.2 Å². The molecule has 0 aliphatic rings. The summed E-state index contributed by atoms with van der Waals surface area (Å²) >= 11 is 0. The summed E-state index contributed by atoms with van der Waals surface area (Å²) in [6.07, 6.45) is 1.59. The van der Waals surface area contributed by atoms with Gasteiger partial charge in [0.15, 0.2) is 0 Å². The Hall–Kier alpha value is -1.65. The fourth-order valence-corrected chi connectivity index (χ4v) is 1.06. The van der Waals surface area contributed by atoms with Crippen molar-refractivity contribution in [2.24, 2.45) is 0 Å². The molecule has 1 aromatic rings. The molecule has 1 rings (SSSR count). The van der Waals surface area contributed by atoms with E-state index in [1.54, 1.807) is 0 Å². The molecule has 14 heavy (non-hydrogen) atoms. The van der Waals surface area contributed by atoms with Crippen LogP contribution in [0.1, 0.15) is 12.0 Å². The third kappa shape index (κ3) is 2.42. The van der Waals surface area contributed by atoms with Gasteiger partial charge >= 0.3 is 5.97 Å². The van der Waals surface area contributed by atoms with Crippen LogP contribution in [0.2, 0.25) is 0 Å². The Morgan fingerprint density at radius 1 is 1.71 bits per heavy atom. The third-order valence-electron chi connectivity index (χ3n) is 1.84. The van der Waals surface area contributed by atoms with Crippen LogP contribution in [-0.2, 0) is 16.0 Å². The van der Waals surface area contributed by atoms with E-state index in [9.17, 15) is 9.18 Å². The first kappa shape index (κ1) is 10.4. The fourth-order valence-electron chi connectivity index (χ4n) is 1.06. The summed E-state index contributed by atoms with van der Waals surface area (Å²) in [5.74, 6) is -0.719. The molecule has 0 aliphatic heterocycles. The maximum absolute atomic E-state index is 13.1. The number of ether oxygens (including phenoxy) is 1. The number of nitrogens with two attached hydrogens (primary N) is 1. The number of methoxy groups -OCH3 is 1. The monoisotopic (exact) mass is 198 g/mol. The molecule has 0 radical (unpaired) electrons. The molecule has 0 aliphatic carbocycles. The van der Waals surface area contributed by atoms with Crippen LogP contribution in [0.25, 0.3) is 0 Å². The smallest absolute Gasteiger partial charge is 0.305 e. The number of rotatable bonds is 3. The lowest BCUT2D eigenvalue weighted by Gasteiger charge is -2.04. The van der Waals surface area contributed by atoms with Crippen LogP contribution >= 0.6 is 0 Å². The molecule has 0 unspecified atom stereocenters. The van der Waals surface area contributed by atoms with Crippen molar-refractivity contribution in [1.82, 2.24) is 4.98 Å². The van der Waals surface area contributed by atoms with Gasteiger partial charge in [0.05, 0.1) is 7.11 Å². The predicted octanol–water partition coefficient (Wildman–Crippen LogP) is 0.908. The molecule has 0 atom stereocenters. The predicted molar refractivity (Wildman–Crippen MR) is 48.9 cm³/mol. The van der Waals surface area contributed by atoms with Gasteiger partial charge in [-0.25, -0.2) is 9.37 Å². The van der Waals surface area contributed by atoms with Crippen LogP contribution in [0.3, 0.4) is 0 Å². The minimum absolute atomic E-state index is 0.101. The molecule has 2 N–H and O–H groups in total. The molecule has 0 aromatic carbocycles. The van der Waals surface area contributed by atoms with Gasteiger partial charge in [0.25, 0.3) is 0 Å². The van der Waals surface area contributed by atoms with Gasteiger partial charge in [0.1, 0.15) is 11.6 Å². The summed E-state index contributed by atoms with van der Waals surface area (Å²) in [6, 6.07) is 1.21. The zero-order chi connectivity index (χ0) is 10.6. The molecule has 0 saturated carbocycles. The maximum atomic E-state index is 13.1. The second-order valence-electron chi connectivity index (χ2n) is 2.73. The number of carbonyl (C=O) groups is 1. The first-order chi connectivity index (χ1) is 6.65. The number of hydrogen-bond donors (Lipinski definition) is 1. The third-order valence-corrected chi connectivity index (χ3v) is 1.84. The van der Waals surface area contributed by atoms with Crippen molar-refractivity contribution < 1.29 is 13.9 Å². The Kier molecular flexibility index (Phi) is 3.39. The van der Waals surface area contributed by atoms with Gasteiger partial charge < -0.3 is 10.5 Å². The first-order valence-corrected chi connectivity index (χ1v) is 4.11. The normalized spacial score (nSPS) is 9.86. The number of pyridine rings is 1. The number of hydrogen-bond acceptors (Lipinski definition) is 4. The number of halogens is 1. The number of carbonyl (C=O) groups excluding carboxylic acids is 1. The van der Waals surface area contributed by atoms with Crippen LogP contribution in [0.15, 0.2) is 12.3 Å². The van der Waals surface area contributed by atoms with Crippen molar-refractivity contribution in [1.29, 1.82) is 0 Å². The molecule has 0 fully saturated rings. The average molecular weight is 198 g/mol. The Bertz CT molecular complexity index is 321. The van der Waals surface area contributed by atoms with Crippen molar-refractivity contribution in [3.8, 4) is 0 Å². The van der Waals surface area contributed by atoms with E-state index in [2.05, 4.69) is 9.72 Å². The van der Waals surface area contributed by atoms with E-state index >= 15 is 0 Å². The highest BCUT2D eigenvalue weighted by molar-refractivity contribution is 5.69. The van der Waals surface area contributed by atoms with E-state index in [0.717, 1.165) is 0 Å². The molecule has 1 heterocycles. The van der Waals surface area contributed by atoms with E-state index in [4.69, 9.17) is 5.73 Å². The zero-order valence-corrected chi connectivity index (χ0v) is 7.79. The number of anilines is 1. The van der Waals surface area contributed by atoms with E-state index in [-0.39, 0.29) is 24.2 Å². The van der Waals surface area contributed by atoms with Gasteiger partial charge in [-0.1, -0.05) is 0 Å². The van der Waals surface area contributed by atoms with E-state index < -0.39 is 11.8 Å². The van der Waals surface area contributed by atoms with Crippen molar-refractivity contribution in [2.45, 2.75) is 12.8 Å². The second-order valence-corrected chi connectivity index (χ2v) is 2.73. The Morgan fingerprint density at radius 3 is 3.00 bits per heavy atom. The standard InChI is InChI=1S/C9H11FN2O2/c1-14-8(13)3-2-6-7(10)4-5-12-9(6)11/h4-5H,2-3H2,1H3,(H2,11,12). The van der Waals surface area contributed by atoms with Gasteiger partial charge in [0, 0.05) is 18.2 Å². The Balaban J connectivity index is 2.71. The van der Waals surface area contributed by atoms with Gasteiger partial charge in [-0.3, -0.25) is 4.79 Å². The van der Waals surface area contributed by atoms with Crippen molar-refractivity contribution in [3.63, 3.8) is 0 Å². The van der Waals surface area contributed by atoms with E-state index in [0.29, 0.717) is 0 Å². The quantitative estimate of drug-likeness (QED) is 0.733. The first-order valence-electron chi connectivity index (χ1n) is 4.11. The number of aromatic nitrogens is 1. The molecule has 0 spiro atoms. The molecule has 1 aromatic heterocycles. The highest BCUT2D eigenvalue weighted by Crippen LogP contribution is 2.14. The molecule has 5 heteroatoms. The van der Waals surface area contributed by atoms with Gasteiger partial charge in [-0.15, -0.1) is 0 Å². The van der Waals surface area contributed by atoms with Gasteiger partial charge in [-0.2, -0.15) is 0 Å². The molecule has 4 nitrogen and oxygen atoms in total. The van der Waals surface area contributed by atoms with Crippen molar-refractivity contribution in [2.75, 3.05) is 12.8 Å². The Labute approximate surface area is 80.9 Å². The molecule has 76 valence electrons. The highest BCUT2D eigenvalue weighted by Gasteiger charge is 2.09. The van der Waals surface area contributed by atoms with Crippen molar-refractivity contribution >= 4 is 11.8 Å². The lowest BCUT2D eigenvalue weighted by molar-refractivity contribution is -0.140. The molecular formula is C9H11FN2O2.